The van der Waals surface area contributed by atoms with E-state index in [1.807, 2.05) is 86.6 Å². The van der Waals surface area contributed by atoms with Gasteiger partial charge in [0.2, 0.25) is 0 Å². The van der Waals surface area contributed by atoms with E-state index in [1.165, 1.54) is 0 Å². The van der Waals surface area contributed by atoms with Crippen molar-refractivity contribution in [1.29, 1.82) is 0 Å². The van der Waals surface area contributed by atoms with Gasteiger partial charge in [0.15, 0.2) is 5.11 Å². The summed E-state index contributed by atoms with van der Waals surface area (Å²) in [6.45, 7) is 4.63. The van der Waals surface area contributed by atoms with Crippen LogP contribution in [0.25, 0.3) is 11.3 Å². The molecule has 1 fully saturated rings. The minimum absolute atomic E-state index is 0.181. The van der Waals surface area contributed by atoms with E-state index in [-0.39, 0.29) is 12.1 Å². The predicted octanol–water partition coefficient (Wildman–Crippen LogP) is 6.88. The first-order valence-corrected chi connectivity index (χ1v) is 11.9. The van der Waals surface area contributed by atoms with E-state index < -0.39 is 0 Å². The van der Waals surface area contributed by atoms with Gasteiger partial charge in [-0.2, -0.15) is 0 Å². The van der Waals surface area contributed by atoms with E-state index in [9.17, 15) is 0 Å². The van der Waals surface area contributed by atoms with E-state index in [1.54, 1.807) is 6.20 Å². The van der Waals surface area contributed by atoms with Crippen LogP contribution < -0.4 is 15.0 Å². The number of pyridine rings is 1. The quantitative estimate of drug-likeness (QED) is 0.298. The fourth-order valence-corrected chi connectivity index (χ4v) is 4.83. The van der Waals surface area contributed by atoms with Gasteiger partial charge in [-0.25, -0.2) is 0 Å². The number of nitrogens with zero attached hydrogens (tertiary/aromatic N) is 2. The highest BCUT2D eigenvalue weighted by Crippen LogP contribution is 2.43. The van der Waals surface area contributed by atoms with E-state index in [4.69, 9.17) is 33.0 Å². The molecule has 34 heavy (non-hydrogen) atoms. The molecule has 1 saturated heterocycles. The molecular formula is C27H24ClN3O2S. The average Bonchev–Trinajstić information content (AvgIpc) is 3.46. The van der Waals surface area contributed by atoms with Gasteiger partial charge in [-0.15, -0.1) is 0 Å². The molecule has 172 valence electrons. The van der Waals surface area contributed by atoms with Gasteiger partial charge in [0.1, 0.15) is 23.3 Å². The number of aryl methyl sites for hydroxylation is 1. The summed E-state index contributed by atoms with van der Waals surface area (Å²) in [5.41, 5.74) is 3.89. The number of benzene rings is 2. The third-order valence-electron chi connectivity index (χ3n) is 5.91. The summed E-state index contributed by atoms with van der Waals surface area (Å²) in [6.07, 6.45) is 1.79. The van der Waals surface area contributed by atoms with E-state index in [0.29, 0.717) is 16.7 Å². The minimum atomic E-state index is -0.228. The largest absolute Gasteiger partial charge is 0.494 e. The molecule has 1 aliphatic rings. The molecule has 0 saturated carbocycles. The Balaban J connectivity index is 1.58. The number of halogens is 1. The molecule has 3 heterocycles. The Bertz CT molecular complexity index is 1310. The molecule has 0 aliphatic carbocycles. The van der Waals surface area contributed by atoms with Crippen LogP contribution in [0.3, 0.4) is 0 Å². The van der Waals surface area contributed by atoms with Gasteiger partial charge in [-0.3, -0.25) is 4.98 Å². The molecule has 0 spiro atoms. The Labute approximate surface area is 209 Å². The third-order valence-corrected chi connectivity index (χ3v) is 6.46. The van der Waals surface area contributed by atoms with Gasteiger partial charge < -0.3 is 19.4 Å². The third kappa shape index (κ3) is 4.27. The molecule has 0 radical (unpaired) electrons. The molecule has 5 nitrogen and oxygen atoms in total. The van der Waals surface area contributed by atoms with Crippen molar-refractivity contribution in [2.24, 2.45) is 0 Å². The number of aromatic nitrogens is 1. The van der Waals surface area contributed by atoms with Crippen molar-refractivity contribution in [2.45, 2.75) is 25.9 Å². The maximum Gasteiger partial charge on any atom is 0.174 e. The lowest BCUT2D eigenvalue weighted by molar-refractivity contribution is 0.340. The summed E-state index contributed by atoms with van der Waals surface area (Å²) in [7, 11) is 0. The molecule has 0 amide bonds. The molecule has 7 heteroatoms. The summed E-state index contributed by atoms with van der Waals surface area (Å²) in [4.78, 5) is 6.68. The van der Waals surface area contributed by atoms with Crippen LogP contribution in [-0.2, 0) is 0 Å². The topological polar surface area (TPSA) is 50.5 Å². The Hall–Kier alpha value is -3.35. The molecule has 4 aromatic rings. The van der Waals surface area contributed by atoms with Crippen molar-refractivity contribution >= 4 is 34.6 Å². The van der Waals surface area contributed by atoms with Crippen LogP contribution >= 0.6 is 23.8 Å². The number of nitrogens with one attached hydrogen (secondary N) is 1. The minimum Gasteiger partial charge on any atom is -0.494 e. The maximum absolute atomic E-state index is 6.45. The van der Waals surface area contributed by atoms with Crippen molar-refractivity contribution in [1.82, 2.24) is 10.3 Å². The highest BCUT2D eigenvalue weighted by Gasteiger charge is 2.42. The zero-order valence-electron chi connectivity index (χ0n) is 18.9. The average molecular weight is 490 g/mol. The van der Waals surface area contributed by atoms with Crippen LogP contribution in [0.5, 0.6) is 5.75 Å². The number of anilines is 1. The number of rotatable bonds is 6. The summed E-state index contributed by atoms with van der Waals surface area (Å²) < 4.78 is 12.1. The molecular weight excluding hydrogens is 466 g/mol. The molecule has 1 aliphatic heterocycles. The predicted molar refractivity (Wildman–Crippen MR) is 139 cm³/mol. The molecule has 2 aromatic heterocycles. The number of furan rings is 1. The Morgan fingerprint density at radius 3 is 2.65 bits per heavy atom. The molecule has 2 aromatic carbocycles. The van der Waals surface area contributed by atoms with Crippen molar-refractivity contribution in [3.63, 3.8) is 0 Å². The van der Waals surface area contributed by atoms with Gasteiger partial charge >= 0.3 is 0 Å². The highest BCUT2D eigenvalue weighted by atomic mass is 35.5. The summed E-state index contributed by atoms with van der Waals surface area (Å²) >= 11 is 12.1. The second-order valence-electron chi connectivity index (χ2n) is 8.08. The van der Waals surface area contributed by atoms with E-state index in [2.05, 4.69) is 15.2 Å². The number of thiocarbonyl (C=S) groups is 1. The van der Waals surface area contributed by atoms with Gasteiger partial charge in [0.05, 0.1) is 18.3 Å². The fraction of sp³-hybridized carbons (Fsp3) is 0.185. The normalized spacial score (nSPS) is 17.6. The van der Waals surface area contributed by atoms with E-state index >= 15 is 0 Å². The highest BCUT2D eigenvalue weighted by molar-refractivity contribution is 7.80. The van der Waals surface area contributed by atoms with Crippen LogP contribution in [0.15, 0.2) is 83.4 Å². The maximum atomic E-state index is 6.45. The first-order chi connectivity index (χ1) is 16.5. The summed E-state index contributed by atoms with van der Waals surface area (Å²) in [5.74, 6) is 2.37. The van der Waals surface area contributed by atoms with Gasteiger partial charge in [0.25, 0.3) is 0 Å². The van der Waals surface area contributed by atoms with Crippen LogP contribution in [-0.4, -0.2) is 16.7 Å². The summed E-state index contributed by atoms with van der Waals surface area (Å²) in [5, 5.41) is 4.74. The lowest BCUT2D eigenvalue weighted by Crippen LogP contribution is -2.29. The zero-order valence-corrected chi connectivity index (χ0v) is 20.4. The van der Waals surface area contributed by atoms with Crippen molar-refractivity contribution < 1.29 is 9.15 Å². The van der Waals surface area contributed by atoms with Crippen molar-refractivity contribution in [2.75, 3.05) is 11.5 Å². The van der Waals surface area contributed by atoms with Crippen LogP contribution in [0, 0.1) is 6.92 Å². The Morgan fingerprint density at radius 2 is 1.91 bits per heavy atom. The smallest absolute Gasteiger partial charge is 0.174 e. The molecule has 5 rings (SSSR count). The van der Waals surface area contributed by atoms with Gasteiger partial charge in [-0.05, 0) is 92.3 Å². The van der Waals surface area contributed by atoms with Gasteiger partial charge in [-0.1, -0.05) is 23.7 Å². The number of hydrogen-bond acceptors (Lipinski definition) is 4. The molecule has 1 N–H and O–H groups in total. The lowest BCUT2D eigenvalue weighted by atomic mass is 10.0. The first-order valence-electron chi connectivity index (χ1n) is 11.1. The fourth-order valence-electron chi connectivity index (χ4n) is 4.31. The second-order valence-corrected chi connectivity index (χ2v) is 8.91. The molecule has 0 bridgehead atoms. The number of hydrogen-bond donors (Lipinski definition) is 1. The Kier molecular flexibility index (Phi) is 6.26. The zero-order chi connectivity index (χ0) is 23.7. The first kappa shape index (κ1) is 22.4. The SMILES string of the molecule is CCOc1ccc(N2C(=S)NC(c3ccccn3)C2c2ccc(-c3cc(Cl)ccc3C)o2)cc1. The monoisotopic (exact) mass is 489 g/mol. The van der Waals surface area contributed by atoms with Crippen LogP contribution in [0.1, 0.15) is 36.0 Å². The van der Waals surface area contributed by atoms with E-state index in [0.717, 1.165) is 39.8 Å². The molecule has 2 unspecified atom stereocenters. The van der Waals surface area contributed by atoms with Gasteiger partial charge in [0, 0.05) is 22.5 Å². The van der Waals surface area contributed by atoms with Crippen molar-refractivity contribution in [3.05, 3.63) is 101 Å². The second kappa shape index (κ2) is 9.49. The molecule has 2 atom stereocenters. The standard InChI is InChI=1S/C27H24ClN3O2S/c1-3-32-20-11-9-19(10-12-20)31-26(25(30-27(31)34)22-6-4-5-15-29-22)24-14-13-23(33-24)21-16-18(28)8-7-17(21)2/h4-16,25-26H,3H2,1-2H3,(H,30,34). The van der Waals surface area contributed by atoms with Crippen LogP contribution in [0.4, 0.5) is 5.69 Å². The lowest BCUT2D eigenvalue weighted by Gasteiger charge is -2.26. The van der Waals surface area contributed by atoms with Crippen LogP contribution in [0.2, 0.25) is 5.02 Å². The van der Waals surface area contributed by atoms with Crippen molar-refractivity contribution in [3.8, 4) is 17.1 Å². The summed E-state index contributed by atoms with van der Waals surface area (Å²) in [6, 6.07) is 23.2. The Morgan fingerprint density at radius 1 is 1.09 bits per heavy atom. The number of ether oxygens (including phenoxy) is 1.